The molecule has 2 N–H and O–H groups in total. The number of rotatable bonds is 4. The number of hydrogen-bond acceptors (Lipinski definition) is 2. The molecule has 1 atom stereocenters. The molecule has 0 saturated carbocycles. The summed E-state index contributed by atoms with van der Waals surface area (Å²) in [6.07, 6.45) is 0. The summed E-state index contributed by atoms with van der Waals surface area (Å²) in [6, 6.07) is 5.87. The van der Waals surface area contributed by atoms with Crippen LogP contribution in [-0.2, 0) is 4.79 Å². The SMILES string of the molecule is CNC[C@@H](C(=O)O)c1ccc(C)cc1C. The van der Waals surface area contributed by atoms with Crippen molar-refractivity contribution in [3.8, 4) is 0 Å². The Labute approximate surface area is 90.1 Å². The van der Waals surface area contributed by atoms with Gasteiger partial charge in [-0.2, -0.15) is 0 Å². The van der Waals surface area contributed by atoms with Crippen molar-refractivity contribution in [2.24, 2.45) is 0 Å². The summed E-state index contributed by atoms with van der Waals surface area (Å²) in [7, 11) is 1.76. The fourth-order valence-corrected chi connectivity index (χ4v) is 1.75. The van der Waals surface area contributed by atoms with Crippen LogP contribution in [0.15, 0.2) is 18.2 Å². The van der Waals surface area contributed by atoms with Crippen LogP contribution in [0.25, 0.3) is 0 Å². The zero-order valence-corrected chi connectivity index (χ0v) is 9.37. The van der Waals surface area contributed by atoms with Crippen LogP contribution in [0.1, 0.15) is 22.6 Å². The van der Waals surface area contributed by atoms with Crippen molar-refractivity contribution >= 4 is 5.97 Å². The van der Waals surface area contributed by atoms with E-state index >= 15 is 0 Å². The zero-order chi connectivity index (χ0) is 11.4. The number of benzene rings is 1. The Morgan fingerprint density at radius 3 is 2.60 bits per heavy atom. The van der Waals surface area contributed by atoms with Gasteiger partial charge in [0.1, 0.15) is 0 Å². The normalized spacial score (nSPS) is 12.5. The molecule has 0 radical (unpaired) electrons. The number of aliphatic carboxylic acids is 1. The van der Waals surface area contributed by atoms with Crippen molar-refractivity contribution in [3.05, 3.63) is 34.9 Å². The number of likely N-dealkylation sites (N-methyl/N-ethyl adjacent to an activating group) is 1. The first kappa shape index (κ1) is 11.7. The molecule has 0 aromatic heterocycles. The zero-order valence-electron chi connectivity index (χ0n) is 9.37. The van der Waals surface area contributed by atoms with Crippen LogP contribution in [0, 0.1) is 13.8 Å². The summed E-state index contributed by atoms with van der Waals surface area (Å²) in [4.78, 5) is 11.1. The van der Waals surface area contributed by atoms with Crippen LogP contribution in [0.3, 0.4) is 0 Å². The predicted octanol–water partition coefficient (Wildman–Crippen LogP) is 1.69. The molecule has 0 heterocycles. The van der Waals surface area contributed by atoms with Crippen molar-refractivity contribution in [1.29, 1.82) is 0 Å². The number of hydrogen-bond donors (Lipinski definition) is 2. The minimum atomic E-state index is -0.781. The molecule has 0 aliphatic carbocycles. The second-order valence-electron chi connectivity index (χ2n) is 3.81. The van der Waals surface area contributed by atoms with Crippen LogP contribution in [-0.4, -0.2) is 24.7 Å². The molecular weight excluding hydrogens is 190 g/mol. The second-order valence-corrected chi connectivity index (χ2v) is 3.81. The predicted molar refractivity (Wildman–Crippen MR) is 60.2 cm³/mol. The third-order valence-corrected chi connectivity index (χ3v) is 2.51. The summed E-state index contributed by atoms with van der Waals surface area (Å²) in [6.45, 7) is 4.41. The van der Waals surface area contributed by atoms with Gasteiger partial charge in [0.15, 0.2) is 0 Å². The Balaban J connectivity index is 3.05. The van der Waals surface area contributed by atoms with Gasteiger partial charge in [0.05, 0.1) is 5.92 Å². The topological polar surface area (TPSA) is 49.3 Å². The maximum atomic E-state index is 11.1. The van der Waals surface area contributed by atoms with E-state index in [0.29, 0.717) is 6.54 Å². The van der Waals surface area contributed by atoms with Gasteiger partial charge in [-0.15, -0.1) is 0 Å². The molecule has 0 unspecified atom stereocenters. The Bertz CT molecular complexity index is 361. The van der Waals surface area contributed by atoms with Crippen LogP contribution in [0.2, 0.25) is 0 Å². The smallest absolute Gasteiger partial charge is 0.312 e. The van der Waals surface area contributed by atoms with Crippen LogP contribution in [0.5, 0.6) is 0 Å². The molecule has 0 fully saturated rings. The summed E-state index contributed by atoms with van der Waals surface area (Å²) < 4.78 is 0. The number of carbonyl (C=O) groups is 1. The maximum absolute atomic E-state index is 11.1. The third-order valence-electron chi connectivity index (χ3n) is 2.51. The molecule has 1 rings (SSSR count). The molecule has 0 aliphatic rings. The molecule has 0 saturated heterocycles. The number of nitrogens with one attached hydrogen (secondary N) is 1. The first-order valence-electron chi connectivity index (χ1n) is 5.00. The van der Waals surface area contributed by atoms with Gasteiger partial charge >= 0.3 is 5.97 Å². The van der Waals surface area contributed by atoms with Gasteiger partial charge in [-0.3, -0.25) is 4.79 Å². The monoisotopic (exact) mass is 207 g/mol. The maximum Gasteiger partial charge on any atom is 0.312 e. The van der Waals surface area contributed by atoms with E-state index < -0.39 is 11.9 Å². The van der Waals surface area contributed by atoms with E-state index in [2.05, 4.69) is 5.32 Å². The Morgan fingerprint density at radius 1 is 1.47 bits per heavy atom. The summed E-state index contributed by atoms with van der Waals surface area (Å²) in [5.41, 5.74) is 3.09. The lowest BCUT2D eigenvalue weighted by atomic mass is 9.93. The number of aryl methyl sites for hydroxylation is 2. The van der Waals surface area contributed by atoms with Gasteiger partial charge in [-0.25, -0.2) is 0 Å². The molecular formula is C12H17NO2. The van der Waals surface area contributed by atoms with Crippen molar-refractivity contribution in [1.82, 2.24) is 5.32 Å². The minimum Gasteiger partial charge on any atom is -0.481 e. The van der Waals surface area contributed by atoms with Crippen LogP contribution in [0.4, 0.5) is 0 Å². The average molecular weight is 207 g/mol. The molecule has 0 spiro atoms. The Morgan fingerprint density at radius 2 is 2.13 bits per heavy atom. The average Bonchev–Trinajstić information content (AvgIpc) is 2.15. The first-order valence-corrected chi connectivity index (χ1v) is 5.00. The van der Waals surface area contributed by atoms with Gasteiger partial charge in [-0.1, -0.05) is 23.8 Å². The lowest BCUT2D eigenvalue weighted by Crippen LogP contribution is -2.24. The van der Waals surface area contributed by atoms with Gasteiger partial charge < -0.3 is 10.4 Å². The highest BCUT2D eigenvalue weighted by molar-refractivity contribution is 5.77. The van der Waals surface area contributed by atoms with E-state index in [4.69, 9.17) is 5.11 Å². The summed E-state index contributed by atoms with van der Waals surface area (Å²) >= 11 is 0. The minimum absolute atomic E-state index is 0.458. The van der Waals surface area contributed by atoms with E-state index in [0.717, 1.165) is 16.7 Å². The van der Waals surface area contributed by atoms with E-state index in [1.165, 1.54) is 0 Å². The van der Waals surface area contributed by atoms with Gasteiger partial charge in [0.25, 0.3) is 0 Å². The van der Waals surface area contributed by atoms with Crippen molar-refractivity contribution in [3.63, 3.8) is 0 Å². The molecule has 1 aromatic carbocycles. The van der Waals surface area contributed by atoms with Crippen molar-refractivity contribution in [2.45, 2.75) is 19.8 Å². The lowest BCUT2D eigenvalue weighted by Gasteiger charge is -2.15. The first-order chi connectivity index (χ1) is 7.06. The fraction of sp³-hybridized carbons (Fsp3) is 0.417. The van der Waals surface area contributed by atoms with Crippen LogP contribution < -0.4 is 5.32 Å². The molecule has 0 bridgehead atoms. The standard InChI is InChI=1S/C12H17NO2/c1-8-4-5-10(9(2)6-8)11(7-13-3)12(14)15/h4-6,11,13H,7H2,1-3H3,(H,14,15)/t11-/m1/s1. The highest BCUT2D eigenvalue weighted by Gasteiger charge is 2.20. The number of carboxylic acid groups (broad SMARTS) is 1. The van der Waals surface area contributed by atoms with Gasteiger partial charge in [-0.05, 0) is 32.0 Å². The molecule has 3 heteroatoms. The largest absolute Gasteiger partial charge is 0.481 e. The fourth-order valence-electron chi connectivity index (χ4n) is 1.75. The molecule has 1 aromatic rings. The Kier molecular flexibility index (Phi) is 3.86. The van der Waals surface area contributed by atoms with E-state index in [-0.39, 0.29) is 0 Å². The van der Waals surface area contributed by atoms with Crippen molar-refractivity contribution < 1.29 is 9.90 Å². The summed E-state index contributed by atoms with van der Waals surface area (Å²) in [5, 5.41) is 12.0. The van der Waals surface area contributed by atoms with Gasteiger partial charge in [0.2, 0.25) is 0 Å². The third kappa shape index (κ3) is 2.80. The molecule has 0 amide bonds. The van der Waals surface area contributed by atoms with Crippen molar-refractivity contribution in [2.75, 3.05) is 13.6 Å². The van der Waals surface area contributed by atoms with Gasteiger partial charge in [0, 0.05) is 6.54 Å². The van der Waals surface area contributed by atoms with E-state index in [1.807, 2.05) is 32.0 Å². The lowest BCUT2D eigenvalue weighted by molar-refractivity contribution is -0.138. The van der Waals surface area contributed by atoms with E-state index in [9.17, 15) is 4.79 Å². The highest BCUT2D eigenvalue weighted by Crippen LogP contribution is 2.20. The Hall–Kier alpha value is -1.35. The number of carboxylic acids is 1. The highest BCUT2D eigenvalue weighted by atomic mass is 16.4. The quantitative estimate of drug-likeness (QED) is 0.790. The molecule has 0 aliphatic heterocycles. The molecule has 3 nitrogen and oxygen atoms in total. The van der Waals surface area contributed by atoms with Crippen LogP contribution >= 0.6 is 0 Å². The molecule has 15 heavy (non-hydrogen) atoms. The second kappa shape index (κ2) is 4.94. The molecule has 82 valence electrons. The van der Waals surface area contributed by atoms with E-state index in [1.54, 1.807) is 7.05 Å². The summed E-state index contributed by atoms with van der Waals surface area (Å²) in [5.74, 6) is -1.24.